The molecule has 16 heavy (non-hydrogen) atoms. The quantitative estimate of drug-likeness (QED) is 0.582. The van der Waals surface area contributed by atoms with E-state index in [1.54, 1.807) is 12.1 Å². The minimum atomic E-state index is -0.528. The van der Waals surface area contributed by atoms with Crippen LogP contribution < -0.4 is 9.47 Å². The summed E-state index contributed by atoms with van der Waals surface area (Å²) in [6, 6.07) is 4.68. The van der Waals surface area contributed by atoms with Crippen molar-refractivity contribution in [2.24, 2.45) is 0 Å². The summed E-state index contributed by atoms with van der Waals surface area (Å²) in [5.74, 6) is 0.0407. The second kappa shape index (κ2) is 5.30. The highest BCUT2D eigenvalue weighted by Crippen LogP contribution is 2.27. The Labute approximate surface area is 93.5 Å². The van der Waals surface area contributed by atoms with Gasteiger partial charge in [0.1, 0.15) is 5.83 Å². The Morgan fingerprint density at radius 2 is 1.88 bits per heavy atom. The van der Waals surface area contributed by atoms with Crippen LogP contribution in [0, 0.1) is 0 Å². The first-order chi connectivity index (χ1) is 7.58. The first kappa shape index (κ1) is 12.2. The number of ether oxygens (including phenoxy) is 2. The Morgan fingerprint density at radius 3 is 2.38 bits per heavy atom. The Hall–Kier alpha value is -1.84. The molecule has 0 saturated heterocycles. The van der Waals surface area contributed by atoms with E-state index < -0.39 is 11.6 Å². The lowest BCUT2D eigenvalue weighted by atomic mass is 10.1. The summed E-state index contributed by atoms with van der Waals surface area (Å²) in [7, 11) is 2.98. The molecule has 0 N–H and O–H groups in total. The van der Waals surface area contributed by atoms with E-state index >= 15 is 0 Å². The van der Waals surface area contributed by atoms with Crippen LogP contribution in [0.2, 0.25) is 0 Å². The van der Waals surface area contributed by atoms with Crippen LogP contribution in [-0.4, -0.2) is 20.0 Å². The van der Waals surface area contributed by atoms with E-state index in [9.17, 15) is 9.18 Å². The molecule has 0 fully saturated rings. The van der Waals surface area contributed by atoms with Crippen molar-refractivity contribution in [1.82, 2.24) is 0 Å². The minimum Gasteiger partial charge on any atom is -0.493 e. The molecule has 86 valence electrons. The average molecular weight is 224 g/mol. The number of allylic oxidation sites excluding steroid dienone is 2. The Kier molecular flexibility index (Phi) is 4.05. The van der Waals surface area contributed by atoms with Gasteiger partial charge in [0.25, 0.3) is 0 Å². The van der Waals surface area contributed by atoms with Gasteiger partial charge in [0.2, 0.25) is 0 Å². The maximum Gasteiger partial charge on any atom is 0.188 e. The number of carbonyl (C=O) groups excluding carboxylic acids is 1. The second-order valence-corrected chi connectivity index (χ2v) is 3.17. The topological polar surface area (TPSA) is 35.5 Å². The number of hydrogen-bond donors (Lipinski definition) is 0. The number of benzene rings is 1. The highest BCUT2D eigenvalue weighted by molar-refractivity contribution is 6.05. The fourth-order valence-electron chi connectivity index (χ4n) is 1.25. The highest BCUT2D eigenvalue weighted by atomic mass is 19.1. The van der Waals surface area contributed by atoms with E-state index in [1.165, 1.54) is 27.2 Å². The number of hydrogen-bond acceptors (Lipinski definition) is 3. The van der Waals surface area contributed by atoms with Gasteiger partial charge in [-0.25, -0.2) is 4.39 Å². The van der Waals surface area contributed by atoms with Crippen molar-refractivity contribution < 1.29 is 18.7 Å². The molecule has 0 atom stereocenters. The highest BCUT2D eigenvalue weighted by Gasteiger charge is 2.09. The summed E-state index contributed by atoms with van der Waals surface area (Å²) in [4.78, 5) is 11.5. The van der Waals surface area contributed by atoms with Crippen LogP contribution in [0.3, 0.4) is 0 Å². The lowest BCUT2D eigenvalue weighted by molar-refractivity contribution is 0.104. The van der Waals surface area contributed by atoms with E-state index in [-0.39, 0.29) is 0 Å². The summed E-state index contributed by atoms with van der Waals surface area (Å²) in [5.41, 5.74) is 0.356. The molecule has 4 heteroatoms. The number of halogens is 1. The maximum absolute atomic E-state index is 12.5. The number of rotatable bonds is 4. The van der Waals surface area contributed by atoms with Crippen molar-refractivity contribution in [2.45, 2.75) is 6.92 Å². The third kappa shape index (κ3) is 2.82. The minimum absolute atomic E-state index is 0.356. The number of methoxy groups -OCH3 is 2. The van der Waals surface area contributed by atoms with Gasteiger partial charge >= 0.3 is 0 Å². The van der Waals surface area contributed by atoms with Crippen LogP contribution >= 0.6 is 0 Å². The van der Waals surface area contributed by atoms with Gasteiger partial charge in [-0.15, -0.1) is 0 Å². The normalized spacial score (nSPS) is 11.1. The van der Waals surface area contributed by atoms with Gasteiger partial charge < -0.3 is 9.47 Å². The summed E-state index contributed by atoms with van der Waals surface area (Å²) >= 11 is 0. The molecule has 0 aliphatic heterocycles. The van der Waals surface area contributed by atoms with E-state index in [0.717, 1.165) is 6.08 Å². The molecule has 0 heterocycles. The molecule has 0 unspecified atom stereocenters. The maximum atomic E-state index is 12.5. The van der Waals surface area contributed by atoms with Crippen LogP contribution in [0.15, 0.2) is 30.1 Å². The second-order valence-electron chi connectivity index (χ2n) is 3.17. The molecular formula is C12H13FO3. The monoisotopic (exact) mass is 224 g/mol. The molecule has 0 aliphatic rings. The van der Waals surface area contributed by atoms with Crippen molar-refractivity contribution in [1.29, 1.82) is 0 Å². The van der Waals surface area contributed by atoms with Crippen molar-refractivity contribution >= 4 is 5.78 Å². The molecule has 0 saturated carbocycles. The molecular weight excluding hydrogens is 211 g/mol. The van der Waals surface area contributed by atoms with Crippen LogP contribution in [0.5, 0.6) is 11.5 Å². The first-order valence-electron chi connectivity index (χ1n) is 4.68. The zero-order valence-corrected chi connectivity index (χ0v) is 9.41. The van der Waals surface area contributed by atoms with Crippen LogP contribution in [-0.2, 0) is 0 Å². The Bertz CT molecular complexity index is 420. The zero-order valence-electron chi connectivity index (χ0n) is 9.41. The van der Waals surface area contributed by atoms with E-state index in [0.29, 0.717) is 17.1 Å². The summed E-state index contributed by atoms with van der Waals surface area (Å²) in [6.45, 7) is 1.22. The van der Waals surface area contributed by atoms with Gasteiger partial charge in [0, 0.05) is 11.6 Å². The lowest BCUT2D eigenvalue weighted by Gasteiger charge is -2.07. The Morgan fingerprint density at radius 1 is 1.25 bits per heavy atom. The fraction of sp³-hybridized carbons (Fsp3) is 0.250. The summed E-state index contributed by atoms with van der Waals surface area (Å²) < 4.78 is 22.6. The SMILES string of the molecule is COc1ccc(C(=O)/C=C(\C)F)cc1OC. The van der Waals surface area contributed by atoms with Gasteiger partial charge in [-0.05, 0) is 25.1 Å². The lowest BCUT2D eigenvalue weighted by Crippen LogP contribution is -1.97. The Balaban J connectivity index is 3.08. The molecule has 3 nitrogen and oxygen atoms in total. The summed E-state index contributed by atoms with van der Waals surface area (Å²) in [5, 5.41) is 0. The van der Waals surface area contributed by atoms with E-state index in [1.807, 2.05) is 0 Å². The van der Waals surface area contributed by atoms with Gasteiger partial charge in [-0.2, -0.15) is 0 Å². The molecule has 0 bridgehead atoms. The van der Waals surface area contributed by atoms with E-state index in [2.05, 4.69) is 0 Å². The molecule has 0 aliphatic carbocycles. The number of carbonyl (C=O) groups is 1. The van der Waals surface area contributed by atoms with Gasteiger partial charge in [0.15, 0.2) is 17.3 Å². The molecule has 1 aromatic carbocycles. The van der Waals surface area contributed by atoms with E-state index in [4.69, 9.17) is 9.47 Å². The average Bonchev–Trinajstić information content (AvgIpc) is 2.27. The largest absolute Gasteiger partial charge is 0.493 e. The zero-order chi connectivity index (χ0) is 12.1. The van der Waals surface area contributed by atoms with Gasteiger partial charge in [0.05, 0.1) is 14.2 Å². The molecule has 0 radical (unpaired) electrons. The standard InChI is InChI=1S/C12H13FO3/c1-8(13)6-10(14)9-4-5-11(15-2)12(7-9)16-3/h4-7H,1-3H3/b8-6+. The van der Waals surface area contributed by atoms with Gasteiger partial charge in [-0.3, -0.25) is 4.79 Å². The molecule has 1 rings (SSSR count). The fourth-order valence-corrected chi connectivity index (χ4v) is 1.25. The number of ketones is 1. The van der Waals surface area contributed by atoms with Gasteiger partial charge in [-0.1, -0.05) is 0 Å². The molecule has 0 spiro atoms. The van der Waals surface area contributed by atoms with Crippen LogP contribution in [0.1, 0.15) is 17.3 Å². The van der Waals surface area contributed by atoms with Crippen molar-refractivity contribution in [3.05, 3.63) is 35.7 Å². The molecule has 0 amide bonds. The first-order valence-corrected chi connectivity index (χ1v) is 4.68. The molecule has 0 aromatic heterocycles. The predicted octanol–water partition coefficient (Wildman–Crippen LogP) is 2.76. The van der Waals surface area contributed by atoms with Crippen molar-refractivity contribution in [2.75, 3.05) is 14.2 Å². The predicted molar refractivity (Wildman–Crippen MR) is 58.7 cm³/mol. The van der Waals surface area contributed by atoms with Crippen LogP contribution in [0.25, 0.3) is 0 Å². The smallest absolute Gasteiger partial charge is 0.188 e. The van der Waals surface area contributed by atoms with Crippen molar-refractivity contribution in [3.63, 3.8) is 0 Å². The summed E-state index contributed by atoms with van der Waals surface area (Å²) in [6.07, 6.45) is 0.932. The third-order valence-corrected chi connectivity index (χ3v) is 2.00. The third-order valence-electron chi connectivity index (χ3n) is 2.00. The van der Waals surface area contributed by atoms with Crippen LogP contribution in [0.4, 0.5) is 4.39 Å². The van der Waals surface area contributed by atoms with Crippen molar-refractivity contribution in [3.8, 4) is 11.5 Å². The molecule has 1 aromatic rings.